The molecule has 0 rings (SSSR count). The van der Waals surface area contributed by atoms with Gasteiger partial charge in [0.1, 0.15) is 0 Å². The summed E-state index contributed by atoms with van der Waals surface area (Å²) in [4.78, 5) is 24.6. The Hall–Kier alpha value is -1.92. The van der Waals surface area contributed by atoms with Gasteiger partial charge in [-0.3, -0.25) is 9.59 Å². The molecule has 490 valence electrons. The number of rotatable bonds is 71. The predicted molar refractivity (Wildman–Crippen MR) is 366 cm³/mol. The largest absolute Gasteiger partial charge is 0.466 e. The smallest absolute Gasteiger partial charge is 0.305 e. The Balaban J connectivity index is 3.35. The van der Waals surface area contributed by atoms with Crippen molar-refractivity contribution >= 4 is 11.9 Å². The summed E-state index contributed by atoms with van der Waals surface area (Å²) in [5, 5.41) is 23.2. The summed E-state index contributed by atoms with van der Waals surface area (Å²) >= 11 is 0. The number of unbranched alkanes of at least 4 members (excludes halogenated alkanes) is 56. The summed E-state index contributed by atoms with van der Waals surface area (Å²) < 4.78 is 5.50. The van der Waals surface area contributed by atoms with E-state index in [9.17, 15) is 19.8 Å². The quantitative estimate of drug-likeness (QED) is 0.0320. The number of amides is 1. The van der Waals surface area contributed by atoms with Crippen molar-refractivity contribution in [3.05, 3.63) is 36.5 Å². The van der Waals surface area contributed by atoms with E-state index in [1.807, 2.05) is 6.08 Å². The number of hydrogen-bond acceptors (Lipinski definition) is 5. The molecule has 6 heteroatoms. The topological polar surface area (TPSA) is 95.9 Å². The number of ether oxygens (including phenoxy) is 1. The van der Waals surface area contributed by atoms with E-state index in [2.05, 4.69) is 43.5 Å². The fourth-order valence-corrected chi connectivity index (χ4v) is 11.9. The van der Waals surface area contributed by atoms with E-state index < -0.39 is 12.1 Å². The monoisotopic (exact) mass is 1170 g/mol. The molecule has 0 saturated carbocycles. The highest BCUT2D eigenvalue weighted by Gasteiger charge is 2.18. The third-order valence-corrected chi connectivity index (χ3v) is 17.6. The van der Waals surface area contributed by atoms with E-state index in [0.29, 0.717) is 19.4 Å². The summed E-state index contributed by atoms with van der Waals surface area (Å²) in [6, 6.07) is -0.625. The molecule has 0 radical (unpaired) electrons. The molecule has 0 aromatic rings. The minimum atomic E-state index is -0.842. The van der Waals surface area contributed by atoms with E-state index in [1.165, 1.54) is 347 Å². The van der Waals surface area contributed by atoms with Crippen molar-refractivity contribution < 1.29 is 24.5 Å². The average Bonchev–Trinajstić information content (AvgIpc) is 3.49. The van der Waals surface area contributed by atoms with Crippen molar-refractivity contribution in [2.45, 2.75) is 431 Å². The van der Waals surface area contributed by atoms with Crippen LogP contribution in [0.1, 0.15) is 418 Å². The summed E-state index contributed by atoms with van der Waals surface area (Å²) in [7, 11) is 0. The second-order valence-electron chi connectivity index (χ2n) is 26.0. The number of carbonyl (C=O) groups excluding carboxylic acids is 2. The highest BCUT2D eigenvalue weighted by atomic mass is 16.5. The van der Waals surface area contributed by atoms with Gasteiger partial charge in [0.25, 0.3) is 0 Å². The van der Waals surface area contributed by atoms with Crippen molar-refractivity contribution in [2.24, 2.45) is 0 Å². The fourth-order valence-electron chi connectivity index (χ4n) is 11.9. The molecule has 2 atom stereocenters. The number of hydrogen-bond donors (Lipinski definition) is 3. The van der Waals surface area contributed by atoms with Crippen LogP contribution in [0.4, 0.5) is 0 Å². The second kappa shape index (κ2) is 72.6. The van der Waals surface area contributed by atoms with Crippen LogP contribution < -0.4 is 5.32 Å². The molecule has 2 unspecified atom stereocenters. The van der Waals surface area contributed by atoms with Crippen LogP contribution in [0.2, 0.25) is 0 Å². The number of carbonyl (C=O) groups is 2. The summed E-state index contributed by atoms with van der Waals surface area (Å²) in [6.45, 7) is 4.93. The van der Waals surface area contributed by atoms with Gasteiger partial charge in [-0.2, -0.15) is 0 Å². The fraction of sp³-hybridized carbons (Fsp3) is 0.896. The van der Waals surface area contributed by atoms with E-state index in [1.54, 1.807) is 6.08 Å². The van der Waals surface area contributed by atoms with Crippen molar-refractivity contribution in [1.29, 1.82) is 0 Å². The van der Waals surface area contributed by atoms with Gasteiger partial charge in [-0.05, 0) is 83.5 Å². The molecule has 0 aliphatic rings. The van der Waals surface area contributed by atoms with Crippen molar-refractivity contribution in [3.8, 4) is 0 Å². The van der Waals surface area contributed by atoms with Gasteiger partial charge in [-0.25, -0.2) is 0 Å². The van der Waals surface area contributed by atoms with Gasteiger partial charge in [-0.1, -0.05) is 359 Å². The number of nitrogens with one attached hydrogen (secondary N) is 1. The van der Waals surface area contributed by atoms with Gasteiger partial charge in [-0.15, -0.1) is 0 Å². The van der Waals surface area contributed by atoms with Crippen LogP contribution in [0.25, 0.3) is 0 Å². The molecular weight excluding hydrogens is 1020 g/mol. The second-order valence-corrected chi connectivity index (χ2v) is 26.0. The zero-order valence-electron chi connectivity index (χ0n) is 56.2. The zero-order valence-corrected chi connectivity index (χ0v) is 56.2. The van der Waals surface area contributed by atoms with Crippen molar-refractivity contribution in [2.75, 3.05) is 13.2 Å². The minimum Gasteiger partial charge on any atom is -0.466 e. The third-order valence-electron chi connectivity index (χ3n) is 17.6. The summed E-state index contributed by atoms with van der Waals surface area (Å²) in [5.41, 5.74) is 0. The molecule has 0 fully saturated rings. The van der Waals surface area contributed by atoms with Gasteiger partial charge in [0.15, 0.2) is 0 Å². The SMILES string of the molecule is CCCCCCCCC/C=C\CCCCCCCC(=O)OCCCCCCCCCCCCCCCC/C=C\CCCCCCCCCCCCCCCCCCCC(=O)NC(CO)C(O)/C=C/CCCCCCCCCCCCCCC. The van der Waals surface area contributed by atoms with Crippen LogP contribution >= 0.6 is 0 Å². The Morgan fingerprint density at radius 2 is 0.566 bits per heavy atom. The van der Waals surface area contributed by atoms with E-state index in [-0.39, 0.29) is 18.5 Å². The molecule has 0 bridgehead atoms. The van der Waals surface area contributed by atoms with Gasteiger partial charge in [0.05, 0.1) is 25.4 Å². The van der Waals surface area contributed by atoms with Crippen LogP contribution in [0.5, 0.6) is 0 Å². The molecule has 3 N–H and O–H groups in total. The van der Waals surface area contributed by atoms with E-state index >= 15 is 0 Å². The lowest BCUT2D eigenvalue weighted by atomic mass is 10.0. The maximum absolute atomic E-state index is 12.5. The Labute approximate surface area is 519 Å². The number of aliphatic hydroxyl groups is 2. The van der Waals surface area contributed by atoms with Crippen molar-refractivity contribution in [3.63, 3.8) is 0 Å². The predicted octanol–water partition coefficient (Wildman–Crippen LogP) is 24.7. The van der Waals surface area contributed by atoms with Crippen LogP contribution in [0.3, 0.4) is 0 Å². The first-order valence-corrected chi connectivity index (χ1v) is 37.8. The number of allylic oxidation sites excluding steroid dienone is 5. The van der Waals surface area contributed by atoms with E-state index in [4.69, 9.17) is 4.74 Å². The maximum Gasteiger partial charge on any atom is 0.305 e. The number of aliphatic hydroxyl groups excluding tert-OH is 2. The Bertz CT molecular complexity index is 1340. The Morgan fingerprint density at radius 1 is 0.325 bits per heavy atom. The highest BCUT2D eigenvalue weighted by Crippen LogP contribution is 2.19. The highest BCUT2D eigenvalue weighted by molar-refractivity contribution is 5.76. The lowest BCUT2D eigenvalue weighted by Crippen LogP contribution is -2.45. The van der Waals surface area contributed by atoms with E-state index in [0.717, 1.165) is 44.9 Å². The Kier molecular flexibility index (Phi) is 70.9. The molecule has 0 saturated heterocycles. The van der Waals surface area contributed by atoms with Crippen LogP contribution in [0, 0.1) is 0 Å². The summed E-state index contributed by atoms with van der Waals surface area (Å²) in [6.07, 6.45) is 94.0. The van der Waals surface area contributed by atoms with Crippen molar-refractivity contribution in [1.82, 2.24) is 5.32 Å². The molecule has 83 heavy (non-hydrogen) atoms. The molecule has 0 heterocycles. The molecule has 0 aromatic heterocycles. The minimum absolute atomic E-state index is 0.0131. The van der Waals surface area contributed by atoms with Gasteiger partial charge >= 0.3 is 5.97 Å². The Morgan fingerprint density at radius 3 is 0.855 bits per heavy atom. The molecule has 1 amide bonds. The lowest BCUT2D eigenvalue weighted by molar-refractivity contribution is -0.143. The third kappa shape index (κ3) is 69.1. The maximum atomic E-state index is 12.5. The van der Waals surface area contributed by atoms with Gasteiger partial charge < -0.3 is 20.3 Å². The normalized spacial score (nSPS) is 12.7. The molecule has 0 spiro atoms. The summed E-state index contributed by atoms with van der Waals surface area (Å²) in [5.74, 6) is -0.0489. The van der Waals surface area contributed by atoms with Crippen LogP contribution in [-0.4, -0.2) is 47.4 Å². The molecule has 6 nitrogen and oxygen atoms in total. The first-order chi connectivity index (χ1) is 41.0. The standard InChI is InChI=1S/C77H147NO5/c1-3-5-7-9-11-13-15-17-19-43-47-51-55-59-63-67-71-77(82)83-72-68-64-60-56-52-48-44-40-38-36-34-32-30-28-26-24-22-20-21-23-25-27-29-31-33-35-37-39-42-46-50-54-58-62-66-70-76(81)78-74(73-79)75(80)69-65-61-57-53-49-45-41-18-16-14-12-10-8-6-4-2/h19,22,24,43,65,69,74-75,79-80H,3-18,20-21,23,25-42,44-64,66-68,70-73H2,1-2H3,(H,78,81)/b24-22-,43-19-,69-65+. The molecular formula is C77H147NO5. The number of esters is 1. The van der Waals surface area contributed by atoms with Gasteiger partial charge in [0.2, 0.25) is 5.91 Å². The zero-order chi connectivity index (χ0) is 59.9. The van der Waals surface area contributed by atoms with Crippen LogP contribution in [-0.2, 0) is 14.3 Å². The molecule has 0 aromatic carbocycles. The first kappa shape index (κ1) is 81.1. The molecule has 0 aliphatic carbocycles. The lowest BCUT2D eigenvalue weighted by Gasteiger charge is -2.20. The van der Waals surface area contributed by atoms with Crippen LogP contribution in [0.15, 0.2) is 36.5 Å². The average molecular weight is 1170 g/mol. The molecule has 0 aliphatic heterocycles. The first-order valence-electron chi connectivity index (χ1n) is 37.8. The van der Waals surface area contributed by atoms with Gasteiger partial charge in [0, 0.05) is 12.8 Å².